The largest absolute Gasteiger partial charge is 0.465 e. The number of benzene rings is 1. The third-order valence-electron chi connectivity index (χ3n) is 7.78. The molecule has 0 saturated carbocycles. The van der Waals surface area contributed by atoms with Crippen molar-refractivity contribution < 1.29 is 18.3 Å². The van der Waals surface area contributed by atoms with E-state index in [0.29, 0.717) is 46.0 Å². The second kappa shape index (κ2) is 9.07. The zero-order valence-corrected chi connectivity index (χ0v) is 23.5. The molecular formula is C25H29ClN8O4S. The molecule has 0 spiro atoms. The molecule has 14 heteroatoms. The zero-order chi connectivity index (χ0) is 27.8. The summed E-state index contributed by atoms with van der Waals surface area (Å²) < 4.78 is 30.9. The number of halogens is 1. The number of nitrogens with one attached hydrogen (secondary N) is 1. The first-order chi connectivity index (χ1) is 18.5. The van der Waals surface area contributed by atoms with Crippen LogP contribution in [0.1, 0.15) is 31.4 Å². The van der Waals surface area contributed by atoms with Crippen LogP contribution in [0, 0.1) is 6.92 Å². The van der Waals surface area contributed by atoms with Gasteiger partial charge < -0.3 is 15.3 Å². The smallest absolute Gasteiger partial charge is 0.404 e. The number of anilines is 1. The van der Waals surface area contributed by atoms with E-state index in [-0.39, 0.29) is 23.8 Å². The lowest BCUT2D eigenvalue weighted by Gasteiger charge is -2.40. The van der Waals surface area contributed by atoms with Crippen LogP contribution in [-0.2, 0) is 17.3 Å². The van der Waals surface area contributed by atoms with Gasteiger partial charge in [-0.15, -0.1) is 0 Å². The van der Waals surface area contributed by atoms with E-state index < -0.39 is 16.3 Å². The molecule has 4 aromatic rings. The maximum Gasteiger partial charge on any atom is 0.404 e. The Morgan fingerprint density at radius 1 is 1.13 bits per heavy atom. The summed E-state index contributed by atoms with van der Waals surface area (Å²) in [4.78, 5) is 23.3. The second-order valence-corrected chi connectivity index (χ2v) is 12.9. The van der Waals surface area contributed by atoms with E-state index in [9.17, 15) is 18.3 Å². The number of amides is 1. The van der Waals surface area contributed by atoms with Crippen LogP contribution < -0.4 is 10.2 Å². The van der Waals surface area contributed by atoms with Gasteiger partial charge in [0.15, 0.2) is 11.5 Å². The molecule has 2 N–H and O–H groups in total. The number of aromatic nitrogens is 5. The van der Waals surface area contributed by atoms with Crippen LogP contribution >= 0.6 is 11.6 Å². The van der Waals surface area contributed by atoms with Gasteiger partial charge in [0.25, 0.3) is 0 Å². The van der Waals surface area contributed by atoms with E-state index in [4.69, 9.17) is 21.6 Å². The summed E-state index contributed by atoms with van der Waals surface area (Å²) in [7, 11) is 0.815. The number of piperidine rings is 1. The Morgan fingerprint density at radius 3 is 2.46 bits per heavy atom. The second-order valence-electron chi connectivity index (χ2n) is 10.5. The summed E-state index contributed by atoms with van der Waals surface area (Å²) in [5.74, 6) is 0.623. The van der Waals surface area contributed by atoms with Crippen molar-refractivity contribution in [3.8, 4) is 11.1 Å². The van der Waals surface area contributed by atoms with Gasteiger partial charge in [0.05, 0.1) is 16.2 Å². The highest BCUT2D eigenvalue weighted by molar-refractivity contribution is 7.87. The van der Waals surface area contributed by atoms with Crippen LogP contribution in [0.15, 0.2) is 24.5 Å². The number of fused-ring (bicyclic) bond motifs is 4. The number of hydrogen-bond donors (Lipinski definition) is 2. The molecule has 0 radical (unpaired) electrons. The molecule has 2 bridgehead atoms. The van der Waals surface area contributed by atoms with Gasteiger partial charge in [0.1, 0.15) is 5.52 Å². The quantitative estimate of drug-likeness (QED) is 0.371. The lowest BCUT2D eigenvalue weighted by atomic mass is 9.97. The first-order valence-corrected chi connectivity index (χ1v) is 14.5. The van der Waals surface area contributed by atoms with Gasteiger partial charge in [-0.25, -0.2) is 18.7 Å². The van der Waals surface area contributed by atoms with Gasteiger partial charge >= 0.3 is 16.3 Å². The molecule has 6 rings (SSSR count). The van der Waals surface area contributed by atoms with Gasteiger partial charge in [-0.3, -0.25) is 4.68 Å². The monoisotopic (exact) mass is 572 g/mol. The number of aryl methyl sites for hydroxylation is 2. The van der Waals surface area contributed by atoms with E-state index >= 15 is 0 Å². The van der Waals surface area contributed by atoms with Crippen LogP contribution in [0.5, 0.6) is 0 Å². The molecule has 2 aliphatic heterocycles. The number of carbonyl (C=O) groups is 1. The van der Waals surface area contributed by atoms with Crippen molar-refractivity contribution in [2.24, 2.45) is 7.05 Å². The Hall–Kier alpha value is -3.42. The third kappa shape index (κ3) is 4.10. The van der Waals surface area contributed by atoms with Crippen molar-refractivity contribution in [3.63, 3.8) is 0 Å². The van der Waals surface area contributed by atoms with Gasteiger partial charge in [-0.2, -0.15) is 17.8 Å². The topological polar surface area (TPSA) is 138 Å². The van der Waals surface area contributed by atoms with Gasteiger partial charge in [0, 0.05) is 68.2 Å². The number of rotatable bonds is 5. The molecule has 2 saturated heterocycles. The molecule has 3 aromatic heterocycles. The standard InChI is InChI=1S/C25H29ClN8O4S/c1-13-23(34-15-5-6-16(34)10-14(9-15)28-25(35)36)29-24-22(27-13)18(12-33(24)39(37,38)31(2)3)17-7-8-20-19(21(17)26)11-32(4)30-20/h7-8,11-12,14-16,28H,5-6,9-10H2,1-4H3,(H,35,36). The fourth-order valence-electron chi connectivity index (χ4n) is 6.07. The van der Waals surface area contributed by atoms with Crippen molar-refractivity contribution in [1.29, 1.82) is 0 Å². The Bertz CT molecular complexity index is 1730. The minimum atomic E-state index is -3.94. The lowest BCUT2D eigenvalue weighted by molar-refractivity contribution is 0.185. The van der Waals surface area contributed by atoms with Gasteiger partial charge in [-0.1, -0.05) is 17.7 Å². The fraction of sp³-hybridized carbons (Fsp3) is 0.440. The van der Waals surface area contributed by atoms with Crippen molar-refractivity contribution in [3.05, 3.63) is 35.2 Å². The molecule has 1 aromatic carbocycles. The summed E-state index contributed by atoms with van der Waals surface area (Å²) in [6, 6.07) is 3.72. The van der Waals surface area contributed by atoms with Crippen LogP contribution in [0.3, 0.4) is 0 Å². The molecule has 1 amide bonds. The maximum atomic E-state index is 13.4. The van der Waals surface area contributed by atoms with Crippen molar-refractivity contribution in [2.75, 3.05) is 19.0 Å². The summed E-state index contributed by atoms with van der Waals surface area (Å²) in [6.07, 6.45) is 5.47. The first-order valence-electron chi connectivity index (χ1n) is 12.7. The predicted octanol–water partition coefficient (Wildman–Crippen LogP) is 3.37. The summed E-state index contributed by atoms with van der Waals surface area (Å²) in [6.45, 7) is 1.87. The SMILES string of the molecule is Cc1nc2c(-c3ccc4nn(C)cc4c3Cl)cn(S(=O)(=O)N(C)C)c2nc1N1C2CCC1CC(NC(=O)O)C2. The van der Waals surface area contributed by atoms with Gasteiger partial charge in [-0.05, 0) is 38.7 Å². The molecule has 39 heavy (non-hydrogen) atoms. The summed E-state index contributed by atoms with van der Waals surface area (Å²) in [5, 5.41) is 17.5. The van der Waals surface area contributed by atoms with E-state index in [1.165, 1.54) is 20.3 Å². The minimum absolute atomic E-state index is 0.0850. The number of carboxylic acid groups (broad SMARTS) is 1. The predicted molar refractivity (Wildman–Crippen MR) is 148 cm³/mol. The molecule has 12 nitrogen and oxygen atoms in total. The maximum absolute atomic E-state index is 13.4. The normalized spacial score (nSPS) is 21.4. The molecule has 206 valence electrons. The third-order valence-corrected chi connectivity index (χ3v) is 9.89. The average molecular weight is 573 g/mol. The van der Waals surface area contributed by atoms with Gasteiger partial charge in [0.2, 0.25) is 0 Å². The van der Waals surface area contributed by atoms with E-state index in [0.717, 1.165) is 32.0 Å². The molecule has 2 atom stereocenters. The highest BCUT2D eigenvalue weighted by Gasteiger charge is 2.43. The Labute approximate surface area is 230 Å². The molecular weight excluding hydrogens is 544 g/mol. The Morgan fingerprint density at radius 2 is 1.82 bits per heavy atom. The average Bonchev–Trinajstić information content (AvgIpc) is 3.50. The minimum Gasteiger partial charge on any atom is -0.465 e. The van der Waals surface area contributed by atoms with E-state index in [1.807, 2.05) is 32.3 Å². The Balaban J connectivity index is 1.53. The van der Waals surface area contributed by atoms with Crippen molar-refractivity contribution >= 4 is 55.8 Å². The molecule has 2 aliphatic rings. The fourth-order valence-corrected chi connectivity index (χ4v) is 7.32. The first kappa shape index (κ1) is 25.8. The van der Waals surface area contributed by atoms with E-state index in [1.54, 1.807) is 4.68 Å². The van der Waals surface area contributed by atoms with E-state index in [2.05, 4.69) is 15.3 Å². The highest BCUT2D eigenvalue weighted by Crippen LogP contribution is 2.42. The number of nitrogens with zero attached hydrogens (tertiary/aromatic N) is 7. The van der Waals surface area contributed by atoms with Crippen molar-refractivity contribution in [2.45, 2.75) is 50.7 Å². The number of hydrogen-bond acceptors (Lipinski definition) is 7. The molecule has 2 unspecified atom stereocenters. The summed E-state index contributed by atoms with van der Waals surface area (Å²) in [5.41, 5.74) is 3.24. The van der Waals surface area contributed by atoms with Crippen LogP contribution in [0.2, 0.25) is 5.02 Å². The zero-order valence-electron chi connectivity index (χ0n) is 22.0. The summed E-state index contributed by atoms with van der Waals surface area (Å²) >= 11 is 6.84. The molecule has 5 heterocycles. The van der Waals surface area contributed by atoms with Crippen LogP contribution in [0.4, 0.5) is 10.6 Å². The Kier molecular flexibility index (Phi) is 6.01. The molecule has 0 aliphatic carbocycles. The van der Waals surface area contributed by atoms with Crippen LogP contribution in [-0.4, -0.2) is 79.9 Å². The molecule has 2 fully saturated rings. The van der Waals surface area contributed by atoms with Crippen molar-refractivity contribution in [1.82, 2.24) is 33.3 Å². The lowest BCUT2D eigenvalue weighted by Crippen LogP contribution is -2.50. The highest BCUT2D eigenvalue weighted by atomic mass is 35.5. The van der Waals surface area contributed by atoms with Crippen LogP contribution in [0.25, 0.3) is 33.2 Å².